The maximum absolute atomic E-state index is 10.9. The van der Waals surface area contributed by atoms with E-state index in [1.165, 1.54) is 0 Å². The highest BCUT2D eigenvalue weighted by Crippen LogP contribution is 2.13. The summed E-state index contributed by atoms with van der Waals surface area (Å²) in [5.74, 6) is 1.06. The average Bonchev–Trinajstić information content (AvgIpc) is 2.37. The summed E-state index contributed by atoms with van der Waals surface area (Å²) in [5, 5.41) is 4.86. The lowest BCUT2D eigenvalue weighted by Gasteiger charge is -1.96. The first-order valence-corrected chi connectivity index (χ1v) is 3.98. The van der Waals surface area contributed by atoms with Gasteiger partial charge in [-0.3, -0.25) is 4.79 Å². The van der Waals surface area contributed by atoms with Gasteiger partial charge in [-0.25, -0.2) is 0 Å². The summed E-state index contributed by atoms with van der Waals surface area (Å²) >= 11 is 1.63. The zero-order chi connectivity index (χ0) is 6.69. The molecule has 0 unspecified atom stereocenters. The van der Waals surface area contributed by atoms with Gasteiger partial charge in [-0.05, 0) is 5.41 Å². The van der Waals surface area contributed by atoms with Crippen molar-refractivity contribution in [2.75, 3.05) is 5.88 Å². The first kappa shape index (κ1) is 6.68. The van der Waals surface area contributed by atoms with E-state index in [1.54, 1.807) is 11.8 Å². The van der Waals surface area contributed by atoms with Gasteiger partial charge < -0.3 is 5.32 Å². The fourth-order valence-electron chi connectivity index (χ4n) is 0.641. The smallest absolute Gasteiger partial charge is 0.178 e. The van der Waals surface area contributed by atoms with Gasteiger partial charge in [0, 0.05) is 6.42 Å². The second kappa shape index (κ2) is 2.92. The van der Waals surface area contributed by atoms with Crippen LogP contribution in [-0.4, -0.2) is 11.7 Å². The molecule has 0 aromatic carbocycles. The van der Waals surface area contributed by atoms with Crippen LogP contribution in [0.15, 0.2) is 11.1 Å². The normalized spacial score (nSPS) is 16.8. The van der Waals surface area contributed by atoms with E-state index >= 15 is 0 Å². The molecule has 50 valence electrons. The van der Waals surface area contributed by atoms with Crippen LogP contribution in [0.5, 0.6) is 0 Å². The molecule has 2 nitrogen and oxygen atoms in total. The molecule has 1 rings (SSSR count). The number of Topliss-reactive ketones (excluding diaryl/α,β-unsaturated/α-hetero) is 1. The molecular weight excluding hydrogens is 134 g/mol. The summed E-state index contributed by atoms with van der Waals surface area (Å²) in [6, 6.07) is 0. The summed E-state index contributed by atoms with van der Waals surface area (Å²) < 4.78 is 0. The molecule has 0 bridgehead atoms. The minimum absolute atomic E-state index is 0.208. The van der Waals surface area contributed by atoms with E-state index in [0.29, 0.717) is 6.42 Å². The summed E-state index contributed by atoms with van der Waals surface area (Å²) in [4.78, 5) is 10.9. The van der Waals surface area contributed by atoms with Gasteiger partial charge in [0.2, 0.25) is 0 Å². The Bertz CT molecular complexity index is 153. The quantitative estimate of drug-likeness (QED) is 0.627. The number of ketones is 1. The summed E-state index contributed by atoms with van der Waals surface area (Å²) in [7, 11) is 0. The van der Waals surface area contributed by atoms with Crippen LogP contribution in [0.25, 0.3) is 0 Å². The maximum atomic E-state index is 10.9. The fraction of sp³-hybridized carbons (Fsp3) is 0.500. The van der Waals surface area contributed by atoms with Gasteiger partial charge in [0.15, 0.2) is 5.78 Å². The molecule has 0 fully saturated rings. The van der Waals surface area contributed by atoms with Crippen molar-refractivity contribution in [1.29, 1.82) is 0 Å². The third kappa shape index (κ3) is 1.48. The highest BCUT2D eigenvalue weighted by molar-refractivity contribution is 8.02. The van der Waals surface area contributed by atoms with Gasteiger partial charge in [-0.2, -0.15) is 0 Å². The minimum Gasteiger partial charge on any atom is -0.372 e. The highest BCUT2D eigenvalue weighted by Gasteiger charge is 2.09. The molecule has 0 amide bonds. The van der Waals surface area contributed by atoms with Gasteiger partial charge in [0.1, 0.15) is 0 Å². The Balaban J connectivity index is 2.51. The molecule has 0 radical (unpaired) electrons. The van der Waals surface area contributed by atoms with Crippen LogP contribution in [-0.2, 0) is 4.79 Å². The van der Waals surface area contributed by atoms with E-state index in [9.17, 15) is 4.79 Å². The highest BCUT2D eigenvalue weighted by atomic mass is 32.2. The summed E-state index contributed by atoms with van der Waals surface area (Å²) in [6.07, 6.45) is 0.597. The molecule has 0 spiro atoms. The number of thioether (sulfide) groups is 1. The number of carbonyl (C=O) groups excluding carboxylic acids is 1. The van der Waals surface area contributed by atoms with Crippen molar-refractivity contribution in [3.63, 3.8) is 0 Å². The van der Waals surface area contributed by atoms with Crippen LogP contribution in [0.3, 0.4) is 0 Å². The number of hydrogen-bond acceptors (Lipinski definition) is 3. The maximum Gasteiger partial charge on any atom is 0.178 e. The number of rotatable bonds is 2. The fourth-order valence-corrected chi connectivity index (χ4v) is 1.34. The Kier molecular flexibility index (Phi) is 2.16. The van der Waals surface area contributed by atoms with Crippen molar-refractivity contribution in [2.45, 2.75) is 13.3 Å². The molecule has 1 N–H and O–H groups in total. The molecule has 0 saturated carbocycles. The van der Waals surface area contributed by atoms with Crippen molar-refractivity contribution in [1.82, 2.24) is 5.32 Å². The third-order valence-corrected chi connectivity index (χ3v) is 1.88. The van der Waals surface area contributed by atoms with E-state index in [-0.39, 0.29) is 5.78 Å². The van der Waals surface area contributed by atoms with Gasteiger partial charge in [-0.15, -0.1) is 11.8 Å². The Morgan fingerprint density at radius 1 is 2.00 bits per heavy atom. The van der Waals surface area contributed by atoms with Crippen molar-refractivity contribution >= 4 is 17.5 Å². The van der Waals surface area contributed by atoms with E-state index in [2.05, 4.69) is 5.32 Å². The summed E-state index contributed by atoms with van der Waals surface area (Å²) in [5.41, 5.74) is 0.780. The van der Waals surface area contributed by atoms with Crippen molar-refractivity contribution < 1.29 is 4.79 Å². The Hall–Kier alpha value is -0.440. The summed E-state index contributed by atoms with van der Waals surface area (Å²) in [6.45, 7) is 1.87. The zero-order valence-corrected chi connectivity index (χ0v) is 6.12. The molecule has 1 aliphatic heterocycles. The van der Waals surface area contributed by atoms with Crippen LogP contribution in [0, 0.1) is 0 Å². The van der Waals surface area contributed by atoms with Crippen LogP contribution in [0.2, 0.25) is 0 Å². The van der Waals surface area contributed by atoms with Crippen LogP contribution in [0.1, 0.15) is 13.3 Å². The number of carbonyl (C=O) groups is 1. The van der Waals surface area contributed by atoms with Crippen LogP contribution in [0.4, 0.5) is 0 Å². The molecular formula is C6H9NOS. The minimum atomic E-state index is 0.208. The molecule has 0 atom stereocenters. The molecule has 1 aliphatic rings. The number of nitrogens with one attached hydrogen (secondary N) is 1. The monoisotopic (exact) mass is 143 g/mol. The van der Waals surface area contributed by atoms with Gasteiger partial charge in [0.25, 0.3) is 0 Å². The Labute approximate surface area is 58.7 Å². The van der Waals surface area contributed by atoms with Crippen molar-refractivity contribution in [2.24, 2.45) is 0 Å². The molecule has 3 heteroatoms. The van der Waals surface area contributed by atoms with E-state index in [1.807, 2.05) is 12.3 Å². The Morgan fingerprint density at radius 3 is 3.22 bits per heavy atom. The number of allylic oxidation sites excluding steroid dienone is 1. The lowest BCUT2D eigenvalue weighted by Crippen LogP contribution is -2.14. The lowest BCUT2D eigenvalue weighted by atomic mass is 10.2. The standard InChI is InChI=1S/C6H9NOS/c1-2-6(8)5-3-9-4-7-5/h3,7H,2,4H2,1H3. The van der Waals surface area contributed by atoms with Crippen molar-refractivity contribution in [3.8, 4) is 0 Å². The van der Waals surface area contributed by atoms with Gasteiger partial charge in [0.05, 0.1) is 11.6 Å². The predicted octanol–water partition coefficient (Wildman–Crippen LogP) is 1.10. The first-order valence-electron chi connectivity index (χ1n) is 2.93. The van der Waals surface area contributed by atoms with Crippen molar-refractivity contribution in [3.05, 3.63) is 11.1 Å². The predicted molar refractivity (Wildman–Crippen MR) is 39.0 cm³/mol. The molecule has 0 saturated heterocycles. The molecule has 0 aromatic rings. The Morgan fingerprint density at radius 2 is 2.78 bits per heavy atom. The average molecular weight is 143 g/mol. The molecule has 9 heavy (non-hydrogen) atoms. The van der Waals surface area contributed by atoms with Crippen LogP contribution >= 0.6 is 11.8 Å². The molecule has 0 aliphatic carbocycles. The van der Waals surface area contributed by atoms with E-state index < -0.39 is 0 Å². The topological polar surface area (TPSA) is 29.1 Å². The lowest BCUT2D eigenvalue weighted by molar-refractivity contribution is -0.115. The molecule has 0 aromatic heterocycles. The third-order valence-electron chi connectivity index (χ3n) is 1.17. The van der Waals surface area contributed by atoms with Gasteiger partial charge >= 0.3 is 0 Å². The second-order valence-corrected chi connectivity index (χ2v) is 2.65. The second-order valence-electron chi connectivity index (χ2n) is 1.80. The molecule has 1 heterocycles. The SMILES string of the molecule is CCC(=O)C1=CSCN1. The number of hydrogen-bond donors (Lipinski definition) is 1. The van der Waals surface area contributed by atoms with E-state index in [0.717, 1.165) is 11.6 Å². The first-order chi connectivity index (χ1) is 4.34. The van der Waals surface area contributed by atoms with E-state index in [4.69, 9.17) is 0 Å². The van der Waals surface area contributed by atoms with Crippen LogP contribution < -0.4 is 5.32 Å². The largest absolute Gasteiger partial charge is 0.372 e. The van der Waals surface area contributed by atoms with Gasteiger partial charge in [-0.1, -0.05) is 6.92 Å². The zero-order valence-electron chi connectivity index (χ0n) is 5.31.